The van der Waals surface area contributed by atoms with Crippen LogP contribution in [0.4, 0.5) is 0 Å². The number of hydrogen-bond acceptors (Lipinski definition) is 5. The Kier molecular flexibility index (Phi) is 4.63. The molecule has 2 amide bonds. The second-order valence-electron chi connectivity index (χ2n) is 7.52. The number of aromatic nitrogens is 1. The van der Waals surface area contributed by atoms with Gasteiger partial charge >= 0.3 is 0 Å². The Morgan fingerprint density at radius 2 is 2.15 bits per heavy atom. The quantitative estimate of drug-likeness (QED) is 0.878. The molecule has 142 valence electrons. The van der Waals surface area contributed by atoms with Crippen LogP contribution in [0.3, 0.4) is 0 Å². The summed E-state index contributed by atoms with van der Waals surface area (Å²) in [6.45, 7) is 3.57. The van der Waals surface area contributed by atoms with Gasteiger partial charge in [-0.05, 0) is 59.2 Å². The maximum atomic E-state index is 12.6. The van der Waals surface area contributed by atoms with Crippen LogP contribution in [0.15, 0.2) is 35.2 Å². The van der Waals surface area contributed by atoms with Crippen molar-refractivity contribution in [2.75, 3.05) is 13.1 Å². The van der Waals surface area contributed by atoms with Gasteiger partial charge in [0.1, 0.15) is 5.75 Å². The fourth-order valence-electron chi connectivity index (χ4n) is 4.19. The zero-order chi connectivity index (χ0) is 19.0. The molecule has 2 fully saturated rings. The van der Waals surface area contributed by atoms with E-state index in [1.54, 1.807) is 29.2 Å². The fourth-order valence-corrected chi connectivity index (χ4v) is 4.85. The monoisotopic (exact) mass is 385 g/mol. The maximum Gasteiger partial charge on any atom is 0.276 e. The highest BCUT2D eigenvalue weighted by Crippen LogP contribution is 2.57. The second kappa shape index (κ2) is 6.96. The minimum absolute atomic E-state index is 0.0781. The van der Waals surface area contributed by atoms with Crippen molar-refractivity contribution in [1.29, 1.82) is 0 Å². The van der Waals surface area contributed by atoms with Gasteiger partial charge in [0.2, 0.25) is 5.91 Å². The van der Waals surface area contributed by atoms with E-state index in [1.165, 1.54) is 17.8 Å². The summed E-state index contributed by atoms with van der Waals surface area (Å²) >= 11 is 1.65. The molecule has 0 radical (unpaired) electrons. The predicted molar refractivity (Wildman–Crippen MR) is 102 cm³/mol. The van der Waals surface area contributed by atoms with E-state index < -0.39 is 0 Å². The zero-order valence-corrected chi connectivity index (χ0v) is 16.1. The Bertz CT molecular complexity index is 844. The van der Waals surface area contributed by atoms with Crippen molar-refractivity contribution in [1.82, 2.24) is 14.8 Å². The largest absolute Gasteiger partial charge is 0.505 e. The Labute approximate surface area is 162 Å². The number of nitrogens with zero attached hydrogens (tertiary/aromatic N) is 3. The number of pyridine rings is 1. The summed E-state index contributed by atoms with van der Waals surface area (Å²) in [5, 5.41) is 14.0. The third-order valence-corrected chi connectivity index (χ3v) is 6.63. The first-order chi connectivity index (χ1) is 13.0. The third-order valence-electron chi connectivity index (χ3n) is 5.90. The third kappa shape index (κ3) is 3.43. The number of carbonyl (C=O) groups is 2. The lowest BCUT2D eigenvalue weighted by Crippen LogP contribution is -2.42. The molecule has 1 aliphatic carbocycles. The van der Waals surface area contributed by atoms with Crippen LogP contribution in [0.25, 0.3) is 0 Å². The molecule has 1 saturated heterocycles. The smallest absolute Gasteiger partial charge is 0.276 e. The molecule has 1 atom stereocenters. The highest BCUT2D eigenvalue weighted by molar-refractivity contribution is 7.07. The van der Waals surface area contributed by atoms with Crippen molar-refractivity contribution in [3.63, 3.8) is 0 Å². The van der Waals surface area contributed by atoms with Gasteiger partial charge in [0.15, 0.2) is 5.69 Å². The Hall–Kier alpha value is -2.41. The number of piperidine rings is 1. The first-order valence-corrected chi connectivity index (χ1v) is 10.2. The number of aromatic hydroxyl groups is 1. The van der Waals surface area contributed by atoms with Gasteiger partial charge in [-0.2, -0.15) is 11.3 Å². The first kappa shape index (κ1) is 18.0. The van der Waals surface area contributed by atoms with Crippen LogP contribution in [0.1, 0.15) is 42.2 Å². The molecule has 3 heterocycles. The van der Waals surface area contributed by atoms with Crippen LogP contribution in [0.5, 0.6) is 5.75 Å². The average Bonchev–Trinajstić information content (AvgIpc) is 3.09. The minimum Gasteiger partial charge on any atom is -0.505 e. The standard InChI is InChI=1S/C20H23N3O3S/c1-14(24)23(12-15-4-10-27-13-15)17-11-20(17)5-8-22(9-6-20)19(26)18-16(25)3-2-7-21-18/h2-4,7,10,13,17,25H,5-6,8-9,11-12H2,1H3/t17-/m0/s1. The zero-order valence-electron chi connectivity index (χ0n) is 15.3. The number of amides is 2. The molecule has 2 aromatic rings. The summed E-state index contributed by atoms with van der Waals surface area (Å²) in [5.74, 6) is -0.188. The van der Waals surface area contributed by atoms with Gasteiger partial charge in [-0.1, -0.05) is 0 Å². The van der Waals surface area contributed by atoms with Crippen molar-refractivity contribution in [3.05, 3.63) is 46.4 Å². The number of thiophene rings is 1. The van der Waals surface area contributed by atoms with Crippen LogP contribution >= 0.6 is 11.3 Å². The van der Waals surface area contributed by atoms with E-state index in [-0.39, 0.29) is 34.7 Å². The van der Waals surface area contributed by atoms with Crippen LogP contribution in [0, 0.1) is 5.41 Å². The molecular formula is C20H23N3O3S. The van der Waals surface area contributed by atoms with Crippen LogP contribution < -0.4 is 0 Å². The summed E-state index contributed by atoms with van der Waals surface area (Å²) in [6.07, 6.45) is 4.28. The molecule has 0 bridgehead atoms. The number of rotatable bonds is 4. The van der Waals surface area contributed by atoms with Crippen molar-refractivity contribution in [2.45, 2.75) is 38.8 Å². The molecular weight excluding hydrogens is 362 g/mol. The fraction of sp³-hybridized carbons (Fsp3) is 0.450. The SMILES string of the molecule is CC(=O)N(Cc1ccsc1)[C@H]1CC12CCN(C(=O)c1ncccc1O)CC2. The molecule has 6 nitrogen and oxygen atoms in total. The van der Waals surface area contributed by atoms with Crippen LogP contribution in [0.2, 0.25) is 0 Å². The first-order valence-electron chi connectivity index (χ1n) is 9.22. The highest BCUT2D eigenvalue weighted by atomic mass is 32.1. The Morgan fingerprint density at radius 1 is 1.37 bits per heavy atom. The molecule has 2 aliphatic rings. The van der Waals surface area contributed by atoms with Gasteiger partial charge in [0.25, 0.3) is 5.91 Å². The Morgan fingerprint density at radius 3 is 2.78 bits per heavy atom. The normalized spacial score (nSPS) is 20.5. The lowest BCUT2D eigenvalue weighted by molar-refractivity contribution is -0.130. The van der Waals surface area contributed by atoms with E-state index in [0.717, 1.165) is 19.3 Å². The Balaban J connectivity index is 1.40. The predicted octanol–water partition coefficient (Wildman–Crippen LogP) is 2.89. The lowest BCUT2D eigenvalue weighted by atomic mass is 9.92. The molecule has 1 N–H and O–H groups in total. The van der Waals surface area contributed by atoms with Crippen LogP contribution in [-0.2, 0) is 11.3 Å². The lowest BCUT2D eigenvalue weighted by Gasteiger charge is -2.34. The number of carbonyl (C=O) groups excluding carboxylic acids is 2. The second-order valence-corrected chi connectivity index (χ2v) is 8.30. The van der Waals surface area contributed by atoms with E-state index in [2.05, 4.69) is 16.4 Å². The average molecular weight is 385 g/mol. The van der Waals surface area contributed by atoms with Crippen molar-refractivity contribution in [3.8, 4) is 5.75 Å². The van der Waals surface area contributed by atoms with Gasteiger partial charge in [-0.15, -0.1) is 0 Å². The van der Waals surface area contributed by atoms with E-state index in [4.69, 9.17) is 0 Å². The van der Waals surface area contributed by atoms with Crippen molar-refractivity contribution in [2.24, 2.45) is 5.41 Å². The van der Waals surface area contributed by atoms with Crippen molar-refractivity contribution >= 4 is 23.2 Å². The van der Waals surface area contributed by atoms with Gasteiger partial charge < -0.3 is 14.9 Å². The molecule has 1 saturated carbocycles. The molecule has 4 rings (SSSR count). The summed E-state index contributed by atoms with van der Waals surface area (Å²) in [6, 6.07) is 5.42. The van der Waals surface area contributed by atoms with Gasteiger partial charge in [-0.3, -0.25) is 9.59 Å². The number of hydrogen-bond donors (Lipinski definition) is 1. The maximum absolute atomic E-state index is 12.6. The highest BCUT2D eigenvalue weighted by Gasteiger charge is 2.58. The molecule has 0 aromatic carbocycles. The summed E-state index contributed by atoms with van der Waals surface area (Å²) in [5.41, 5.74) is 1.42. The topological polar surface area (TPSA) is 73.7 Å². The molecule has 27 heavy (non-hydrogen) atoms. The van der Waals surface area contributed by atoms with Gasteiger partial charge in [0.05, 0.1) is 0 Å². The molecule has 2 aromatic heterocycles. The van der Waals surface area contributed by atoms with Crippen LogP contribution in [-0.4, -0.2) is 50.8 Å². The van der Waals surface area contributed by atoms with E-state index in [9.17, 15) is 14.7 Å². The molecule has 0 unspecified atom stereocenters. The summed E-state index contributed by atoms with van der Waals surface area (Å²) < 4.78 is 0. The number of likely N-dealkylation sites (tertiary alicyclic amines) is 1. The van der Waals surface area contributed by atoms with Crippen molar-refractivity contribution < 1.29 is 14.7 Å². The van der Waals surface area contributed by atoms with Gasteiger partial charge in [-0.25, -0.2) is 4.98 Å². The van der Waals surface area contributed by atoms with Gasteiger partial charge in [0, 0.05) is 38.8 Å². The van der Waals surface area contributed by atoms with E-state index in [0.29, 0.717) is 19.6 Å². The van der Waals surface area contributed by atoms with E-state index in [1.807, 2.05) is 10.3 Å². The molecule has 1 aliphatic heterocycles. The van der Waals surface area contributed by atoms with E-state index >= 15 is 0 Å². The minimum atomic E-state index is -0.221. The molecule has 1 spiro atoms. The summed E-state index contributed by atoms with van der Waals surface area (Å²) in [4.78, 5) is 32.6. The summed E-state index contributed by atoms with van der Waals surface area (Å²) in [7, 11) is 0. The molecule has 7 heteroatoms.